The maximum Gasteiger partial charge on any atom is 0.0501 e. The Balaban J connectivity index is 3.04. The van der Waals surface area contributed by atoms with E-state index >= 15 is 0 Å². The summed E-state index contributed by atoms with van der Waals surface area (Å²) >= 11 is 1.74. The summed E-state index contributed by atoms with van der Waals surface area (Å²) in [6.45, 7) is 4.46. The van der Waals surface area contributed by atoms with E-state index in [0.29, 0.717) is 5.92 Å². The molecule has 72 valence electrons. The molecule has 0 aliphatic rings. The van der Waals surface area contributed by atoms with Crippen molar-refractivity contribution in [3.8, 4) is 0 Å². The fourth-order valence-electron chi connectivity index (χ4n) is 1.36. The summed E-state index contributed by atoms with van der Waals surface area (Å²) < 4.78 is 2.20. The van der Waals surface area contributed by atoms with Gasteiger partial charge in [0.05, 0.1) is 5.69 Å². The van der Waals surface area contributed by atoms with Crippen LogP contribution in [0.15, 0.2) is 24.3 Å². The molecular weight excluding hydrogens is 178 g/mol. The molecule has 0 bridgehead atoms. The molecule has 1 aromatic carbocycles. The highest BCUT2D eigenvalue weighted by atomic mass is 32.2. The zero-order valence-electron chi connectivity index (χ0n) is 8.74. The molecule has 0 heterocycles. The predicted octanol–water partition coefficient (Wildman–Crippen LogP) is 3.52. The third kappa shape index (κ3) is 2.41. The first kappa shape index (κ1) is 10.5. The maximum absolute atomic E-state index is 2.23. The fourth-order valence-corrected chi connectivity index (χ4v) is 1.72. The van der Waals surface area contributed by atoms with Gasteiger partial charge in [0.15, 0.2) is 0 Å². The summed E-state index contributed by atoms with van der Waals surface area (Å²) in [7, 11) is 2.10. The smallest absolute Gasteiger partial charge is 0.0501 e. The third-order valence-corrected chi connectivity index (χ3v) is 2.92. The summed E-state index contributed by atoms with van der Waals surface area (Å²) in [6.07, 6.45) is 2.09. The van der Waals surface area contributed by atoms with Crippen molar-refractivity contribution in [1.82, 2.24) is 0 Å². The van der Waals surface area contributed by atoms with E-state index in [-0.39, 0.29) is 0 Å². The van der Waals surface area contributed by atoms with E-state index in [1.54, 1.807) is 11.9 Å². The van der Waals surface area contributed by atoms with Crippen molar-refractivity contribution >= 4 is 17.6 Å². The second-order valence-corrected chi connectivity index (χ2v) is 4.31. The second kappa shape index (κ2) is 4.56. The van der Waals surface area contributed by atoms with Crippen LogP contribution in [0.2, 0.25) is 0 Å². The number of hydrogen-bond donors (Lipinski definition) is 0. The molecule has 1 nitrogen and oxygen atoms in total. The minimum Gasteiger partial charge on any atom is -0.319 e. The molecule has 0 fully saturated rings. The average molecular weight is 195 g/mol. The van der Waals surface area contributed by atoms with Gasteiger partial charge in [-0.1, -0.05) is 44.0 Å². The molecule has 0 unspecified atom stereocenters. The number of nitrogens with zero attached hydrogens (tertiary/aromatic N) is 1. The number of hydrogen-bond acceptors (Lipinski definition) is 2. The Hall–Kier alpha value is -0.630. The lowest BCUT2D eigenvalue weighted by Crippen LogP contribution is -2.08. The monoisotopic (exact) mass is 195 g/mol. The molecule has 1 aromatic rings. The van der Waals surface area contributed by atoms with E-state index in [9.17, 15) is 0 Å². The average Bonchev–Trinajstić information content (AvgIpc) is 2.16. The minimum atomic E-state index is 0.589. The molecule has 13 heavy (non-hydrogen) atoms. The molecule has 1 rings (SSSR count). The Labute approximate surface area is 85.3 Å². The van der Waals surface area contributed by atoms with E-state index < -0.39 is 0 Å². The van der Waals surface area contributed by atoms with Crippen LogP contribution in [0.1, 0.15) is 25.3 Å². The predicted molar refractivity (Wildman–Crippen MR) is 62.4 cm³/mol. The van der Waals surface area contributed by atoms with Crippen LogP contribution in [-0.2, 0) is 0 Å². The second-order valence-electron chi connectivity index (χ2n) is 3.39. The van der Waals surface area contributed by atoms with Gasteiger partial charge in [-0.25, -0.2) is 0 Å². The fraction of sp³-hybridized carbons (Fsp3) is 0.455. The summed E-state index contributed by atoms with van der Waals surface area (Å²) in [5.41, 5.74) is 2.74. The van der Waals surface area contributed by atoms with E-state index in [0.717, 1.165) is 0 Å². The molecule has 0 saturated heterocycles. The normalized spacial score (nSPS) is 10.5. The molecular formula is C11H17NS. The maximum atomic E-state index is 2.23. The zero-order chi connectivity index (χ0) is 9.84. The lowest BCUT2D eigenvalue weighted by atomic mass is 10.0. The van der Waals surface area contributed by atoms with E-state index in [2.05, 4.69) is 55.7 Å². The van der Waals surface area contributed by atoms with Gasteiger partial charge < -0.3 is 4.31 Å². The highest BCUT2D eigenvalue weighted by molar-refractivity contribution is 7.99. The summed E-state index contributed by atoms with van der Waals surface area (Å²) in [5, 5.41) is 0. The molecule has 0 spiro atoms. The SMILES string of the molecule is CSN(C)c1ccccc1C(C)C. The highest BCUT2D eigenvalue weighted by Crippen LogP contribution is 2.28. The van der Waals surface area contributed by atoms with Gasteiger partial charge in [0.1, 0.15) is 0 Å². The first-order valence-electron chi connectivity index (χ1n) is 4.53. The highest BCUT2D eigenvalue weighted by Gasteiger charge is 2.08. The van der Waals surface area contributed by atoms with Crippen molar-refractivity contribution in [2.24, 2.45) is 0 Å². The Morgan fingerprint density at radius 3 is 2.38 bits per heavy atom. The molecule has 0 aromatic heterocycles. The molecule has 0 saturated carbocycles. The Kier molecular flexibility index (Phi) is 3.67. The van der Waals surface area contributed by atoms with Crippen LogP contribution in [0.3, 0.4) is 0 Å². The van der Waals surface area contributed by atoms with Gasteiger partial charge in [0, 0.05) is 13.3 Å². The quantitative estimate of drug-likeness (QED) is 0.679. The van der Waals surface area contributed by atoms with Crippen molar-refractivity contribution in [1.29, 1.82) is 0 Å². The number of para-hydroxylation sites is 1. The molecule has 2 heteroatoms. The van der Waals surface area contributed by atoms with Crippen LogP contribution in [0.25, 0.3) is 0 Å². The van der Waals surface area contributed by atoms with Crippen LogP contribution in [0.4, 0.5) is 5.69 Å². The molecule has 0 amide bonds. The van der Waals surface area contributed by atoms with Crippen LogP contribution >= 0.6 is 11.9 Å². The first-order valence-corrected chi connectivity index (χ1v) is 5.71. The van der Waals surface area contributed by atoms with Crippen LogP contribution < -0.4 is 4.31 Å². The van der Waals surface area contributed by atoms with Gasteiger partial charge >= 0.3 is 0 Å². The molecule has 0 aliphatic heterocycles. The van der Waals surface area contributed by atoms with Gasteiger partial charge in [-0.05, 0) is 17.5 Å². The van der Waals surface area contributed by atoms with Crippen LogP contribution in [0.5, 0.6) is 0 Å². The summed E-state index contributed by atoms with van der Waals surface area (Å²) in [6, 6.07) is 8.57. The Morgan fingerprint density at radius 2 is 1.85 bits per heavy atom. The lowest BCUT2D eigenvalue weighted by Gasteiger charge is -2.20. The molecule has 0 aliphatic carbocycles. The van der Waals surface area contributed by atoms with Gasteiger partial charge in [-0.15, -0.1) is 0 Å². The molecule has 0 radical (unpaired) electrons. The standard InChI is InChI=1S/C11H17NS/c1-9(2)10-7-5-6-8-11(10)12(3)13-4/h5-9H,1-4H3. The number of benzene rings is 1. The Morgan fingerprint density at radius 1 is 1.23 bits per heavy atom. The van der Waals surface area contributed by atoms with Crippen molar-refractivity contribution < 1.29 is 0 Å². The lowest BCUT2D eigenvalue weighted by molar-refractivity contribution is 0.865. The van der Waals surface area contributed by atoms with E-state index in [1.807, 2.05) is 0 Å². The summed E-state index contributed by atoms with van der Waals surface area (Å²) in [4.78, 5) is 0. The van der Waals surface area contributed by atoms with Crippen molar-refractivity contribution in [2.45, 2.75) is 19.8 Å². The summed E-state index contributed by atoms with van der Waals surface area (Å²) in [5.74, 6) is 0.589. The van der Waals surface area contributed by atoms with Gasteiger partial charge in [-0.2, -0.15) is 0 Å². The molecule has 0 N–H and O–H groups in total. The number of rotatable bonds is 3. The van der Waals surface area contributed by atoms with Gasteiger partial charge in [-0.3, -0.25) is 0 Å². The van der Waals surface area contributed by atoms with Gasteiger partial charge in [0.2, 0.25) is 0 Å². The van der Waals surface area contributed by atoms with Crippen LogP contribution in [0, 0.1) is 0 Å². The van der Waals surface area contributed by atoms with Crippen molar-refractivity contribution in [2.75, 3.05) is 17.6 Å². The largest absolute Gasteiger partial charge is 0.319 e. The zero-order valence-corrected chi connectivity index (χ0v) is 9.56. The molecule has 0 atom stereocenters. The van der Waals surface area contributed by atoms with E-state index in [1.165, 1.54) is 11.3 Å². The minimum absolute atomic E-state index is 0.589. The number of anilines is 1. The Bertz CT molecular complexity index is 271. The third-order valence-electron chi connectivity index (χ3n) is 2.17. The topological polar surface area (TPSA) is 3.24 Å². The van der Waals surface area contributed by atoms with Crippen molar-refractivity contribution in [3.05, 3.63) is 29.8 Å². The van der Waals surface area contributed by atoms with Crippen LogP contribution in [-0.4, -0.2) is 13.3 Å². The van der Waals surface area contributed by atoms with Gasteiger partial charge in [0.25, 0.3) is 0 Å². The first-order chi connectivity index (χ1) is 6.16. The van der Waals surface area contributed by atoms with E-state index in [4.69, 9.17) is 0 Å². The van der Waals surface area contributed by atoms with Crippen molar-refractivity contribution in [3.63, 3.8) is 0 Å².